The van der Waals surface area contributed by atoms with Crippen LogP contribution in [0.1, 0.15) is 17.3 Å². The summed E-state index contributed by atoms with van der Waals surface area (Å²) in [6.45, 7) is 4.03. The monoisotopic (exact) mass is 461 g/mol. The van der Waals surface area contributed by atoms with Crippen LogP contribution in [0.3, 0.4) is 0 Å². The number of rotatable bonds is 8. The first-order valence-corrected chi connectivity index (χ1v) is 12.2. The number of sulfonamides is 1. The number of nitrogens with one attached hydrogen (secondary N) is 1. The van der Waals surface area contributed by atoms with Crippen LogP contribution in [0, 0.1) is 0 Å². The molecule has 0 aliphatic carbocycles. The molecular formula is C21H23N3O5S2. The summed E-state index contributed by atoms with van der Waals surface area (Å²) in [7, 11) is -3.57. The minimum Gasteiger partial charge on any atom is -0.494 e. The number of anilines is 1. The summed E-state index contributed by atoms with van der Waals surface area (Å²) in [5.74, 6) is 0.637. The molecule has 31 heavy (non-hydrogen) atoms. The fourth-order valence-corrected chi connectivity index (χ4v) is 5.54. The Kier molecular flexibility index (Phi) is 6.51. The number of carbonyl (C=O) groups is 1. The molecule has 0 unspecified atom stereocenters. The van der Waals surface area contributed by atoms with Crippen LogP contribution >= 0.6 is 11.3 Å². The molecule has 2 aromatic carbocycles. The van der Waals surface area contributed by atoms with Gasteiger partial charge in [0.25, 0.3) is 0 Å². The molecule has 1 N–H and O–H groups in total. The van der Waals surface area contributed by atoms with Crippen molar-refractivity contribution < 1.29 is 22.7 Å². The lowest BCUT2D eigenvalue weighted by Crippen LogP contribution is -2.40. The van der Waals surface area contributed by atoms with Crippen molar-refractivity contribution >= 4 is 42.5 Å². The summed E-state index contributed by atoms with van der Waals surface area (Å²) in [6.07, 6.45) is 0. The maximum Gasteiger partial charge on any atom is 0.243 e. The molecule has 0 amide bonds. The molecule has 1 aromatic heterocycles. The van der Waals surface area contributed by atoms with Gasteiger partial charge in [-0.25, -0.2) is 13.4 Å². The molecule has 1 fully saturated rings. The van der Waals surface area contributed by atoms with Gasteiger partial charge in [0.1, 0.15) is 5.75 Å². The van der Waals surface area contributed by atoms with Gasteiger partial charge >= 0.3 is 0 Å². The van der Waals surface area contributed by atoms with Crippen molar-refractivity contribution in [1.82, 2.24) is 9.29 Å². The zero-order valence-corrected chi connectivity index (χ0v) is 18.7. The first-order valence-electron chi connectivity index (χ1n) is 9.96. The number of thiazole rings is 1. The Balaban J connectivity index is 1.40. The average Bonchev–Trinajstić information content (AvgIpc) is 3.20. The van der Waals surface area contributed by atoms with Crippen molar-refractivity contribution in [2.75, 3.05) is 44.8 Å². The van der Waals surface area contributed by atoms with E-state index in [0.29, 0.717) is 43.6 Å². The van der Waals surface area contributed by atoms with E-state index in [0.717, 1.165) is 16.0 Å². The van der Waals surface area contributed by atoms with Gasteiger partial charge in [0.05, 0.1) is 41.5 Å². The van der Waals surface area contributed by atoms with Crippen molar-refractivity contribution in [2.24, 2.45) is 0 Å². The molecule has 0 bridgehead atoms. The number of morpholine rings is 1. The number of Topliss-reactive ketones (excluding diaryl/α,β-unsaturated/α-hetero) is 1. The minimum absolute atomic E-state index is 0.0632. The van der Waals surface area contributed by atoms with Gasteiger partial charge in [-0.3, -0.25) is 4.79 Å². The van der Waals surface area contributed by atoms with Crippen LogP contribution in [-0.2, 0) is 14.8 Å². The van der Waals surface area contributed by atoms with Crippen molar-refractivity contribution in [3.05, 3.63) is 48.0 Å². The number of nitrogens with zero attached hydrogens (tertiary/aromatic N) is 2. The highest BCUT2D eigenvalue weighted by molar-refractivity contribution is 7.89. The molecule has 164 valence electrons. The smallest absolute Gasteiger partial charge is 0.243 e. The summed E-state index contributed by atoms with van der Waals surface area (Å²) in [4.78, 5) is 17.2. The van der Waals surface area contributed by atoms with Crippen molar-refractivity contribution in [1.29, 1.82) is 0 Å². The Bertz CT molecular complexity index is 1170. The Morgan fingerprint density at radius 1 is 1.19 bits per heavy atom. The normalized spacial score (nSPS) is 15.1. The molecule has 0 saturated carbocycles. The number of hydrogen-bond acceptors (Lipinski definition) is 8. The molecule has 1 aliphatic rings. The largest absolute Gasteiger partial charge is 0.494 e. The molecule has 3 aromatic rings. The van der Waals surface area contributed by atoms with Crippen molar-refractivity contribution in [3.63, 3.8) is 0 Å². The number of fused-ring (bicyclic) bond motifs is 1. The SMILES string of the molecule is CCOc1ccc2nc(NCC(=O)c3ccc(S(=O)(=O)N4CCOCC4)cc3)sc2c1. The number of ketones is 1. The molecule has 0 radical (unpaired) electrons. The predicted molar refractivity (Wildman–Crippen MR) is 120 cm³/mol. The van der Waals surface area contributed by atoms with Crippen LogP contribution in [-0.4, -0.2) is 62.9 Å². The van der Waals surface area contributed by atoms with Crippen LogP contribution in [0.4, 0.5) is 5.13 Å². The molecule has 8 nitrogen and oxygen atoms in total. The van der Waals surface area contributed by atoms with Crippen LogP contribution in [0.5, 0.6) is 5.75 Å². The third kappa shape index (κ3) is 4.87. The molecule has 0 spiro atoms. The van der Waals surface area contributed by atoms with Gasteiger partial charge in [0, 0.05) is 18.7 Å². The summed E-state index contributed by atoms with van der Waals surface area (Å²) >= 11 is 1.45. The van der Waals surface area contributed by atoms with Gasteiger partial charge in [-0.05, 0) is 49.4 Å². The van der Waals surface area contributed by atoms with Crippen LogP contribution in [0.25, 0.3) is 10.2 Å². The van der Waals surface area contributed by atoms with Gasteiger partial charge < -0.3 is 14.8 Å². The Morgan fingerprint density at radius 2 is 1.94 bits per heavy atom. The zero-order valence-electron chi connectivity index (χ0n) is 17.0. The van der Waals surface area contributed by atoms with Crippen LogP contribution < -0.4 is 10.1 Å². The second-order valence-electron chi connectivity index (χ2n) is 6.90. The quantitative estimate of drug-likeness (QED) is 0.515. The van der Waals surface area contributed by atoms with E-state index in [1.54, 1.807) is 12.1 Å². The molecule has 2 heterocycles. The molecular weight excluding hydrogens is 438 g/mol. The summed E-state index contributed by atoms with van der Waals surface area (Å²) in [5, 5.41) is 3.70. The number of ether oxygens (including phenoxy) is 2. The zero-order chi connectivity index (χ0) is 21.8. The number of carbonyl (C=O) groups excluding carboxylic acids is 1. The predicted octanol–water partition coefficient (Wildman–Crippen LogP) is 3.01. The highest BCUT2D eigenvalue weighted by Crippen LogP contribution is 2.29. The minimum atomic E-state index is -3.57. The lowest BCUT2D eigenvalue weighted by molar-refractivity contribution is 0.0730. The van der Waals surface area contributed by atoms with Crippen LogP contribution in [0.2, 0.25) is 0 Å². The molecule has 1 saturated heterocycles. The number of aromatic nitrogens is 1. The number of benzene rings is 2. The van der Waals surface area contributed by atoms with E-state index in [1.807, 2.05) is 25.1 Å². The lowest BCUT2D eigenvalue weighted by Gasteiger charge is -2.26. The highest BCUT2D eigenvalue weighted by Gasteiger charge is 2.26. The van der Waals surface area contributed by atoms with Crippen molar-refractivity contribution in [3.8, 4) is 5.75 Å². The lowest BCUT2D eigenvalue weighted by atomic mass is 10.1. The fourth-order valence-electron chi connectivity index (χ4n) is 3.24. The second kappa shape index (κ2) is 9.31. The van der Waals surface area contributed by atoms with E-state index in [9.17, 15) is 13.2 Å². The van der Waals surface area contributed by atoms with E-state index in [2.05, 4.69) is 10.3 Å². The maximum absolute atomic E-state index is 12.7. The number of hydrogen-bond donors (Lipinski definition) is 1. The van der Waals surface area contributed by atoms with E-state index < -0.39 is 10.0 Å². The topological polar surface area (TPSA) is 97.8 Å². The molecule has 4 rings (SSSR count). The third-order valence-corrected chi connectivity index (χ3v) is 7.74. The molecule has 1 aliphatic heterocycles. The molecule has 10 heteroatoms. The van der Waals surface area contributed by atoms with Gasteiger partial charge in [-0.1, -0.05) is 11.3 Å². The highest BCUT2D eigenvalue weighted by atomic mass is 32.2. The maximum atomic E-state index is 12.7. The van der Waals surface area contributed by atoms with Crippen LogP contribution in [0.15, 0.2) is 47.4 Å². The second-order valence-corrected chi connectivity index (χ2v) is 9.87. The Hall–Kier alpha value is -2.53. The first-order chi connectivity index (χ1) is 15.0. The summed E-state index contributed by atoms with van der Waals surface area (Å²) in [6, 6.07) is 11.7. The molecule has 0 atom stereocenters. The van der Waals surface area contributed by atoms with E-state index in [4.69, 9.17) is 9.47 Å². The fraction of sp³-hybridized carbons (Fsp3) is 0.333. The standard InChI is InChI=1S/C21H23N3O5S2/c1-2-29-16-5-8-18-20(13-16)30-21(23-18)22-14-19(25)15-3-6-17(7-4-15)31(26,27)24-9-11-28-12-10-24/h3-8,13H,2,9-12,14H2,1H3,(H,22,23). The van der Waals surface area contributed by atoms with E-state index in [1.165, 1.54) is 27.8 Å². The first kappa shape index (κ1) is 21.7. The van der Waals surface area contributed by atoms with Gasteiger partial charge in [0.2, 0.25) is 10.0 Å². The third-order valence-electron chi connectivity index (χ3n) is 4.86. The van der Waals surface area contributed by atoms with Gasteiger partial charge in [0.15, 0.2) is 10.9 Å². The van der Waals surface area contributed by atoms with Gasteiger partial charge in [-0.15, -0.1) is 0 Å². The van der Waals surface area contributed by atoms with E-state index in [-0.39, 0.29) is 17.2 Å². The van der Waals surface area contributed by atoms with Crippen molar-refractivity contribution in [2.45, 2.75) is 11.8 Å². The Labute approximate surface area is 184 Å². The average molecular weight is 462 g/mol. The Morgan fingerprint density at radius 3 is 2.65 bits per heavy atom. The van der Waals surface area contributed by atoms with Gasteiger partial charge in [-0.2, -0.15) is 4.31 Å². The van der Waals surface area contributed by atoms with E-state index >= 15 is 0 Å². The summed E-state index contributed by atoms with van der Waals surface area (Å²) < 4.78 is 38.5. The summed E-state index contributed by atoms with van der Waals surface area (Å²) in [5.41, 5.74) is 1.27.